The molecule has 80 valence electrons. The first kappa shape index (κ1) is 36.6. The van der Waals surface area contributed by atoms with Crippen molar-refractivity contribution in [2.24, 2.45) is 0 Å². The van der Waals surface area contributed by atoms with Crippen LogP contribution in [0.15, 0.2) is 0 Å². The number of rotatable bonds is 0. The van der Waals surface area contributed by atoms with Crippen molar-refractivity contribution in [3.63, 3.8) is 0 Å². The van der Waals surface area contributed by atoms with Crippen LogP contribution in [0.3, 0.4) is 0 Å². The molecule has 0 atom stereocenters. The molecule has 8 nitrogen and oxygen atoms in total. The van der Waals surface area contributed by atoms with Crippen LogP contribution in [0.2, 0.25) is 0 Å². The Morgan fingerprint density at radius 1 is 0.571 bits per heavy atom. The Labute approximate surface area is 207 Å². The Kier molecular flexibility index (Phi) is 48.3. The summed E-state index contributed by atoms with van der Waals surface area (Å²) in [4.78, 5) is 43.1. The van der Waals surface area contributed by atoms with Crippen LogP contribution in [0, 0.1) is 0 Å². The van der Waals surface area contributed by atoms with Crippen LogP contribution in [0.5, 0.6) is 0 Å². The van der Waals surface area contributed by atoms with Gasteiger partial charge in [0.1, 0.15) is 0 Å². The number of phosphoric acid groups is 2. The Morgan fingerprint density at radius 2 is 0.571 bits per heavy atom. The first-order valence-corrected chi connectivity index (χ1v) is 4.70. The fourth-order valence-corrected chi connectivity index (χ4v) is 0. The average molecular weight is 412 g/mol. The van der Waals surface area contributed by atoms with Gasteiger partial charge in [-0.2, -0.15) is 0 Å². The summed E-state index contributed by atoms with van der Waals surface area (Å²) in [6.45, 7) is 0. The first-order valence-electron chi connectivity index (χ1n) is 1.57. The molecule has 0 spiro atoms. The summed E-state index contributed by atoms with van der Waals surface area (Å²) in [7, 11) is -9.28. The zero-order chi connectivity index (χ0) is 9.00. The second-order valence-corrected chi connectivity index (χ2v) is 3.08. The van der Waals surface area contributed by atoms with E-state index in [9.17, 15) is 0 Å². The minimum atomic E-state index is -4.64. The van der Waals surface area contributed by atoms with Crippen LogP contribution in [0.1, 0.15) is 0 Å². The molecule has 0 aromatic heterocycles. The van der Waals surface area contributed by atoms with E-state index in [1.54, 1.807) is 0 Å². The molecule has 0 aliphatic heterocycles. The average Bonchev–Trinajstić information content (AvgIpc) is 1.12. The topological polar surface area (TPSA) is 156 Å². The van der Waals surface area contributed by atoms with E-state index in [0.29, 0.717) is 0 Å². The molecule has 0 amide bonds. The van der Waals surface area contributed by atoms with Crippen LogP contribution >= 0.6 is 15.6 Å². The number of hydrogen-bond acceptors (Lipinski definition) is 2. The third-order valence-electron chi connectivity index (χ3n) is 0. The van der Waals surface area contributed by atoms with Gasteiger partial charge in [0.05, 0.1) is 0 Å². The molecule has 14 heteroatoms. The van der Waals surface area contributed by atoms with Gasteiger partial charge in [0.2, 0.25) is 0 Å². The predicted molar refractivity (Wildman–Crippen MR) is 62.7 cm³/mol. The van der Waals surface area contributed by atoms with Gasteiger partial charge in [-0.3, -0.25) is 0 Å². The molecule has 0 aliphatic rings. The number of hydrogen-bond donors (Lipinski definition) is 6. The van der Waals surface area contributed by atoms with Gasteiger partial charge in [-0.25, -0.2) is 9.13 Å². The third kappa shape index (κ3) is 158. The van der Waals surface area contributed by atoms with Gasteiger partial charge in [-0.1, -0.05) is 0 Å². The minimum absolute atomic E-state index is 0. The summed E-state index contributed by atoms with van der Waals surface area (Å²) < 4.78 is 17.8. The molecule has 0 heterocycles. The van der Waals surface area contributed by atoms with Crippen molar-refractivity contribution in [3.05, 3.63) is 0 Å². The summed E-state index contributed by atoms with van der Waals surface area (Å²) >= 11 is 0. The van der Waals surface area contributed by atoms with Crippen molar-refractivity contribution in [2.45, 2.75) is 0 Å². The van der Waals surface area contributed by atoms with Crippen LogP contribution in [-0.2, 0) is 9.13 Å². The van der Waals surface area contributed by atoms with E-state index in [4.69, 9.17) is 38.5 Å². The summed E-state index contributed by atoms with van der Waals surface area (Å²) in [6.07, 6.45) is 0. The zero-order valence-corrected chi connectivity index (χ0v) is 6.18. The third-order valence-corrected chi connectivity index (χ3v) is 0. The summed E-state index contributed by atoms with van der Waals surface area (Å²) in [5, 5.41) is 0. The summed E-state index contributed by atoms with van der Waals surface area (Å²) in [5.41, 5.74) is 0. The fraction of sp³-hybridized carbons (Fsp3) is 0. The molecule has 0 saturated heterocycles. The molecule has 0 aromatic rings. The first-order chi connectivity index (χ1) is 4.00. The van der Waals surface area contributed by atoms with Gasteiger partial charge in [0.25, 0.3) is 0 Å². The molecule has 0 radical (unpaired) electrons. The monoisotopic (exact) mass is 412 g/mol. The Hall–Kier alpha value is 5.48. The van der Waals surface area contributed by atoms with Crippen LogP contribution in [-0.4, -0.2) is 188 Å². The molecule has 0 fully saturated rings. The van der Waals surface area contributed by atoms with Gasteiger partial charge in [0, 0.05) is 0 Å². The van der Waals surface area contributed by atoms with E-state index in [1.165, 1.54) is 0 Å². The van der Waals surface area contributed by atoms with E-state index in [-0.39, 0.29) is 159 Å². The van der Waals surface area contributed by atoms with Crippen molar-refractivity contribution in [2.75, 3.05) is 0 Å². The van der Waals surface area contributed by atoms with Crippen molar-refractivity contribution in [1.82, 2.24) is 0 Å². The van der Waals surface area contributed by atoms with Gasteiger partial charge >= 0.3 is 174 Å². The Bertz CT molecular complexity index is 135. The van der Waals surface area contributed by atoms with Crippen LogP contribution < -0.4 is 0 Å². The molecular formula is H14Ca3O8P2Sr. The molecule has 0 rings (SSSR count). The quantitative estimate of drug-likeness (QED) is 0.170. The molecule has 0 saturated carbocycles. The fourth-order valence-electron chi connectivity index (χ4n) is 0. The van der Waals surface area contributed by atoms with E-state index in [2.05, 4.69) is 0 Å². The molecule has 0 aromatic carbocycles. The second-order valence-electron chi connectivity index (χ2n) is 1.03. The Morgan fingerprint density at radius 3 is 0.571 bits per heavy atom. The molecule has 0 unspecified atom stereocenters. The maximum absolute atomic E-state index is 8.88. The van der Waals surface area contributed by atoms with Gasteiger partial charge in [0.15, 0.2) is 0 Å². The standard InChI is InChI=1S/3Ca.2H3O4P.Sr.8H/c;;;2*1-5(2,3)4;;;;;;;;;/h;;;2*(H3,1,2,3,4);;;;;;;;;. The van der Waals surface area contributed by atoms with Crippen molar-refractivity contribution >= 4 is 174 Å². The van der Waals surface area contributed by atoms with E-state index >= 15 is 0 Å². The van der Waals surface area contributed by atoms with E-state index in [0.717, 1.165) is 0 Å². The van der Waals surface area contributed by atoms with Crippen LogP contribution in [0.25, 0.3) is 0 Å². The molecule has 0 aliphatic carbocycles. The Balaban J connectivity index is -0.0000000178. The van der Waals surface area contributed by atoms with Crippen molar-refractivity contribution in [1.29, 1.82) is 0 Å². The SMILES string of the molecule is O=P(O)(O)O.O=P(O)(O)O.[CaH2].[CaH2].[CaH2].[SrH2]. The predicted octanol–water partition coefficient (Wildman–Crippen LogP) is -5.52. The van der Waals surface area contributed by atoms with E-state index < -0.39 is 15.6 Å². The van der Waals surface area contributed by atoms with Crippen LogP contribution in [0.4, 0.5) is 0 Å². The molecule has 0 bridgehead atoms. The summed E-state index contributed by atoms with van der Waals surface area (Å²) in [6, 6.07) is 0. The normalized spacial score (nSPS) is 8.43. The molecule has 6 N–H and O–H groups in total. The molecule has 14 heavy (non-hydrogen) atoms. The second kappa shape index (κ2) is 18.5. The van der Waals surface area contributed by atoms with Gasteiger partial charge in [-0.15, -0.1) is 0 Å². The summed E-state index contributed by atoms with van der Waals surface area (Å²) in [5.74, 6) is 0. The van der Waals surface area contributed by atoms with Gasteiger partial charge in [-0.05, 0) is 0 Å². The van der Waals surface area contributed by atoms with E-state index in [1.807, 2.05) is 0 Å². The van der Waals surface area contributed by atoms with Crippen molar-refractivity contribution < 1.29 is 38.5 Å². The zero-order valence-electron chi connectivity index (χ0n) is 4.39. The molecular weight excluding hydrogens is 398 g/mol. The van der Waals surface area contributed by atoms with Crippen molar-refractivity contribution in [3.8, 4) is 0 Å². The maximum atomic E-state index is 8.88. The van der Waals surface area contributed by atoms with Gasteiger partial charge < -0.3 is 29.4 Å².